The van der Waals surface area contributed by atoms with Gasteiger partial charge in [0.15, 0.2) is 11.6 Å². The summed E-state index contributed by atoms with van der Waals surface area (Å²) in [5, 5.41) is 0. The topological polar surface area (TPSA) is 26.0 Å². The molecule has 0 spiro atoms. The molecule has 0 aliphatic heterocycles. The third-order valence-electron chi connectivity index (χ3n) is 1.79. The summed E-state index contributed by atoms with van der Waals surface area (Å²) in [5.41, 5.74) is 5.91. The summed E-state index contributed by atoms with van der Waals surface area (Å²) >= 11 is 0. The van der Waals surface area contributed by atoms with Crippen LogP contribution in [-0.4, -0.2) is 6.67 Å². The molecule has 0 aliphatic carbocycles. The first-order valence-corrected chi connectivity index (χ1v) is 3.91. The van der Waals surface area contributed by atoms with Crippen LogP contribution in [0.4, 0.5) is 13.2 Å². The number of hydrogen-bond acceptors (Lipinski definition) is 1. The highest BCUT2D eigenvalue weighted by atomic mass is 35.5. The standard InChI is InChI=1S/C9H10F3N.ClH/c10-4-3-9(13)6-1-2-7(11)8(12)5-6;/h1-2,5,9H,3-4,13H2;1H/t9-;/m0./s1. The van der Waals surface area contributed by atoms with E-state index >= 15 is 0 Å². The minimum atomic E-state index is -0.952. The van der Waals surface area contributed by atoms with E-state index in [1.165, 1.54) is 6.07 Å². The second-order valence-corrected chi connectivity index (χ2v) is 2.76. The van der Waals surface area contributed by atoms with Crippen LogP contribution in [0.25, 0.3) is 0 Å². The fraction of sp³-hybridized carbons (Fsp3) is 0.333. The van der Waals surface area contributed by atoms with Crippen molar-refractivity contribution in [3.05, 3.63) is 35.4 Å². The van der Waals surface area contributed by atoms with E-state index in [1.54, 1.807) is 0 Å². The van der Waals surface area contributed by atoms with Gasteiger partial charge in [-0.1, -0.05) is 6.07 Å². The van der Waals surface area contributed by atoms with Gasteiger partial charge in [-0.2, -0.15) is 0 Å². The monoisotopic (exact) mass is 225 g/mol. The lowest BCUT2D eigenvalue weighted by Gasteiger charge is -2.09. The summed E-state index contributed by atoms with van der Waals surface area (Å²) < 4.78 is 37.0. The first kappa shape index (κ1) is 13.3. The van der Waals surface area contributed by atoms with Gasteiger partial charge in [0.1, 0.15) is 0 Å². The lowest BCUT2D eigenvalue weighted by molar-refractivity contribution is 0.439. The molecule has 1 atom stereocenters. The van der Waals surface area contributed by atoms with E-state index in [0.717, 1.165) is 12.1 Å². The van der Waals surface area contributed by atoms with E-state index in [0.29, 0.717) is 5.56 Å². The van der Waals surface area contributed by atoms with Gasteiger partial charge < -0.3 is 5.73 Å². The smallest absolute Gasteiger partial charge is 0.159 e. The Morgan fingerprint density at radius 3 is 2.36 bits per heavy atom. The highest BCUT2D eigenvalue weighted by Gasteiger charge is 2.08. The Balaban J connectivity index is 0.00000169. The molecule has 0 saturated carbocycles. The summed E-state index contributed by atoms with van der Waals surface area (Å²) in [6.07, 6.45) is 0.116. The number of benzene rings is 1. The minimum absolute atomic E-state index is 0. The zero-order valence-electron chi connectivity index (χ0n) is 7.34. The zero-order valence-corrected chi connectivity index (χ0v) is 8.16. The molecule has 5 heteroatoms. The maximum absolute atomic E-state index is 12.7. The van der Waals surface area contributed by atoms with E-state index in [-0.39, 0.29) is 18.8 Å². The van der Waals surface area contributed by atoms with Crippen molar-refractivity contribution in [1.82, 2.24) is 0 Å². The van der Waals surface area contributed by atoms with Gasteiger partial charge in [-0.15, -0.1) is 12.4 Å². The maximum Gasteiger partial charge on any atom is 0.159 e. The summed E-state index contributed by atoms with van der Waals surface area (Å²) in [6, 6.07) is 2.78. The molecule has 2 N–H and O–H groups in total. The first-order valence-electron chi connectivity index (χ1n) is 3.91. The third kappa shape index (κ3) is 3.20. The molecule has 0 heterocycles. The molecular formula is C9H11ClF3N. The molecule has 1 aromatic rings. The number of alkyl halides is 1. The van der Waals surface area contributed by atoms with Crippen LogP contribution >= 0.6 is 12.4 Å². The molecule has 0 amide bonds. The lowest BCUT2D eigenvalue weighted by Crippen LogP contribution is -2.11. The van der Waals surface area contributed by atoms with E-state index in [4.69, 9.17) is 5.73 Å². The summed E-state index contributed by atoms with van der Waals surface area (Å²) in [7, 11) is 0. The Kier molecular flexibility index (Phi) is 5.57. The van der Waals surface area contributed by atoms with Crippen LogP contribution in [0.15, 0.2) is 18.2 Å². The van der Waals surface area contributed by atoms with Crippen LogP contribution in [0.3, 0.4) is 0 Å². The van der Waals surface area contributed by atoms with Crippen molar-refractivity contribution in [3.8, 4) is 0 Å². The van der Waals surface area contributed by atoms with Crippen LogP contribution in [0.1, 0.15) is 18.0 Å². The molecule has 1 aromatic carbocycles. The van der Waals surface area contributed by atoms with Crippen LogP contribution in [0, 0.1) is 11.6 Å². The molecule has 0 aliphatic rings. The van der Waals surface area contributed by atoms with E-state index in [2.05, 4.69) is 0 Å². The highest BCUT2D eigenvalue weighted by Crippen LogP contribution is 2.16. The van der Waals surface area contributed by atoms with Crippen molar-refractivity contribution in [2.45, 2.75) is 12.5 Å². The molecule has 0 aromatic heterocycles. The molecule has 14 heavy (non-hydrogen) atoms. The van der Waals surface area contributed by atoms with Crippen LogP contribution in [-0.2, 0) is 0 Å². The average molecular weight is 226 g/mol. The van der Waals surface area contributed by atoms with Crippen LogP contribution in [0.5, 0.6) is 0 Å². The van der Waals surface area contributed by atoms with Crippen molar-refractivity contribution < 1.29 is 13.2 Å². The fourth-order valence-corrected chi connectivity index (χ4v) is 1.03. The molecular weight excluding hydrogens is 215 g/mol. The molecule has 0 saturated heterocycles. The van der Waals surface area contributed by atoms with Crippen molar-refractivity contribution >= 4 is 12.4 Å². The normalized spacial score (nSPS) is 12.0. The Hall–Kier alpha value is -0.740. The molecule has 0 bridgehead atoms. The number of halogens is 4. The van der Waals surface area contributed by atoms with Gasteiger partial charge in [-0.3, -0.25) is 4.39 Å². The summed E-state index contributed by atoms with van der Waals surface area (Å²) in [5.74, 6) is -1.87. The predicted molar refractivity (Wildman–Crippen MR) is 51.1 cm³/mol. The zero-order chi connectivity index (χ0) is 9.84. The third-order valence-corrected chi connectivity index (χ3v) is 1.79. The van der Waals surface area contributed by atoms with Crippen molar-refractivity contribution in [1.29, 1.82) is 0 Å². The maximum atomic E-state index is 12.7. The Morgan fingerprint density at radius 2 is 1.86 bits per heavy atom. The van der Waals surface area contributed by atoms with Crippen molar-refractivity contribution in [2.24, 2.45) is 5.73 Å². The van der Waals surface area contributed by atoms with Gasteiger partial charge in [-0.05, 0) is 24.1 Å². The van der Waals surface area contributed by atoms with Gasteiger partial charge in [0, 0.05) is 6.04 Å². The van der Waals surface area contributed by atoms with Gasteiger partial charge >= 0.3 is 0 Å². The van der Waals surface area contributed by atoms with Crippen LogP contribution in [0.2, 0.25) is 0 Å². The van der Waals surface area contributed by atoms with Gasteiger partial charge in [0.05, 0.1) is 6.67 Å². The van der Waals surface area contributed by atoms with E-state index in [1.807, 2.05) is 0 Å². The predicted octanol–water partition coefficient (Wildman–Crippen LogP) is 2.75. The van der Waals surface area contributed by atoms with Gasteiger partial charge in [-0.25, -0.2) is 8.78 Å². The van der Waals surface area contributed by atoms with E-state index in [9.17, 15) is 13.2 Å². The SMILES string of the molecule is Cl.N[C@@H](CCF)c1ccc(F)c(F)c1. The Bertz CT molecular complexity index is 293. The number of nitrogens with two attached hydrogens (primary N) is 1. The Labute approximate surface area is 86.5 Å². The van der Waals surface area contributed by atoms with Gasteiger partial charge in [0.2, 0.25) is 0 Å². The van der Waals surface area contributed by atoms with Crippen molar-refractivity contribution in [2.75, 3.05) is 6.67 Å². The second kappa shape index (κ2) is 5.88. The van der Waals surface area contributed by atoms with Crippen molar-refractivity contribution in [3.63, 3.8) is 0 Å². The minimum Gasteiger partial charge on any atom is -0.324 e. The largest absolute Gasteiger partial charge is 0.324 e. The Morgan fingerprint density at radius 1 is 1.21 bits per heavy atom. The molecule has 1 rings (SSSR count). The molecule has 0 radical (unpaired) electrons. The van der Waals surface area contributed by atoms with Crippen LogP contribution < -0.4 is 5.73 Å². The summed E-state index contributed by atoms with van der Waals surface area (Å²) in [6.45, 7) is -0.569. The lowest BCUT2D eigenvalue weighted by atomic mass is 10.1. The molecule has 80 valence electrons. The fourth-order valence-electron chi connectivity index (χ4n) is 1.03. The second-order valence-electron chi connectivity index (χ2n) is 2.76. The molecule has 0 unspecified atom stereocenters. The average Bonchev–Trinajstić information content (AvgIpc) is 2.10. The number of hydrogen-bond donors (Lipinski definition) is 1. The van der Waals surface area contributed by atoms with E-state index < -0.39 is 24.4 Å². The number of rotatable bonds is 3. The first-order chi connectivity index (χ1) is 6.15. The quantitative estimate of drug-likeness (QED) is 0.841. The molecule has 1 nitrogen and oxygen atoms in total. The summed E-state index contributed by atoms with van der Waals surface area (Å²) in [4.78, 5) is 0. The van der Waals surface area contributed by atoms with Gasteiger partial charge in [0.25, 0.3) is 0 Å². The molecule has 0 fully saturated rings. The highest BCUT2D eigenvalue weighted by molar-refractivity contribution is 5.85.